The van der Waals surface area contributed by atoms with Crippen LogP contribution in [0.5, 0.6) is 0 Å². The van der Waals surface area contributed by atoms with Gasteiger partial charge in [0.15, 0.2) is 0 Å². The van der Waals surface area contributed by atoms with Crippen LogP contribution in [0.3, 0.4) is 0 Å². The zero-order valence-electron chi connectivity index (χ0n) is 10.3. The summed E-state index contributed by atoms with van der Waals surface area (Å²) in [6, 6.07) is 0. The molecule has 2 unspecified atom stereocenters. The summed E-state index contributed by atoms with van der Waals surface area (Å²) in [7, 11) is -4.11. The molecule has 0 spiro atoms. The highest BCUT2D eigenvalue weighted by Crippen LogP contribution is 2.19. The third kappa shape index (κ3) is 3.40. The summed E-state index contributed by atoms with van der Waals surface area (Å²) in [4.78, 5) is 1.60. The summed E-state index contributed by atoms with van der Waals surface area (Å²) in [5.74, 6) is 0.852. The molecule has 3 heterocycles. The Bertz CT molecular complexity index is 350. The van der Waals surface area contributed by atoms with Gasteiger partial charge in [-0.05, 0) is 32.1 Å². The minimum absolute atomic E-state index is 0.417. The number of quaternary nitrogens is 1. The standard InChI is InChI=1S/C11H22N2O3S/c1-9(17(14,15)16)2-5-12-11-8-10-3-6-13(11)7-4-10/h9-12H,2-8H2,1H3,(H,14,15,16). The van der Waals surface area contributed by atoms with Crippen LogP contribution in [0.4, 0.5) is 0 Å². The third-order valence-corrected chi connectivity index (χ3v) is 5.46. The van der Waals surface area contributed by atoms with E-state index in [1.165, 1.54) is 39.3 Å². The van der Waals surface area contributed by atoms with E-state index in [0.717, 1.165) is 5.92 Å². The van der Waals surface area contributed by atoms with Crippen LogP contribution >= 0.6 is 0 Å². The van der Waals surface area contributed by atoms with Gasteiger partial charge in [-0.2, -0.15) is 0 Å². The SMILES string of the molecule is CC(CCNC1CC2CC[NH+]1CC2)S(=O)(=O)[O-]. The molecule has 0 aliphatic carbocycles. The van der Waals surface area contributed by atoms with Crippen molar-refractivity contribution in [2.45, 2.75) is 44.0 Å². The second kappa shape index (κ2) is 5.22. The van der Waals surface area contributed by atoms with Crippen LogP contribution in [-0.4, -0.2) is 44.0 Å². The van der Waals surface area contributed by atoms with E-state index in [1.54, 1.807) is 4.90 Å². The van der Waals surface area contributed by atoms with Crippen molar-refractivity contribution < 1.29 is 17.9 Å². The first-order valence-corrected chi connectivity index (χ1v) is 7.96. The first-order valence-electron chi connectivity index (χ1n) is 6.49. The predicted octanol–water partition coefficient (Wildman–Crippen LogP) is -1.08. The molecule has 3 fully saturated rings. The Balaban J connectivity index is 1.72. The molecule has 0 aromatic heterocycles. The largest absolute Gasteiger partial charge is 0.748 e. The summed E-state index contributed by atoms with van der Waals surface area (Å²) in [5, 5.41) is 2.64. The molecule has 0 aromatic rings. The van der Waals surface area contributed by atoms with E-state index in [9.17, 15) is 13.0 Å². The maximum Gasteiger partial charge on any atom is 0.141 e. The molecule has 3 saturated heterocycles. The number of hydrogen-bond acceptors (Lipinski definition) is 4. The Morgan fingerprint density at radius 1 is 1.41 bits per heavy atom. The summed E-state index contributed by atoms with van der Waals surface area (Å²) in [6.45, 7) is 4.59. The average Bonchev–Trinajstić information content (AvgIpc) is 2.29. The van der Waals surface area contributed by atoms with Gasteiger partial charge in [-0.15, -0.1) is 0 Å². The lowest BCUT2D eigenvalue weighted by Crippen LogP contribution is -3.20. The van der Waals surface area contributed by atoms with Gasteiger partial charge in [0.1, 0.15) is 6.17 Å². The molecule has 5 nitrogen and oxygen atoms in total. The van der Waals surface area contributed by atoms with Crippen LogP contribution in [0, 0.1) is 5.92 Å². The quantitative estimate of drug-likeness (QED) is 0.619. The molecule has 0 saturated carbocycles. The Hall–Kier alpha value is -0.170. The topological polar surface area (TPSA) is 73.7 Å². The Morgan fingerprint density at radius 2 is 2.06 bits per heavy atom. The van der Waals surface area contributed by atoms with Crippen molar-refractivity contribution in [3.63, 3.8) is 0 Å². The van der Waals surface area contributed by atoms with Crippen LogP contribution in [0.25, 0.3) is 0 Å². The predicted molar refractivity (Wildman–Crippen MR) is 63.6 cm³/mol. The molecule has 3 rings (SSSR count). The zero-order valence-corrected chi connectivity index (χ0v) is 11.1. The fourth-order valence-corrected chi connectivity index (χ4v) is 3.37. The number of rotatable bonds is 5. The summed E-state index contributed by atoms with van der Waals surface area (Å²) < 4.78 is 32.3. The summed E-state index contributed by atoms with van der Waals surface area (Å²) in [6.07, 6.45) is 4.76. The molecule has 0 aromatic carbocycles. The Kier molecular flexibility index (Phi) is 4.07. The Morgan fingerprint density at radius 3 is 2.53 bits per heavy atom. The molecule has 2 N–H and O–H groups in total. The molecular weight excluding hydrogens is 240 g/mol. The van der Waals surface area contributed by atoms with Gasteiger partial charge in [-0.25, -0.2) is 8.42 Å². The van der Waals surface area contributed by atoms with E-state index in [0.29, 0.717) is 19.1 Å². The van der Waals surface area contributed by atoms with E-state index >= 15 is 0 Å². The third-order valence-electron chi connectivity index (χ3n) is 4.24. The molecule has 0 radical (unpaired) electrons. The number of hydrogen-bond donors (Lipinski definition) is 2. The van der Waals surface area contributed by atoms with Crippen LogP contribution in [-0.2, 0) is 10.1 Å². The van der Waals surface area contributed by atoms with Crippen molar-refractivity contribution in [1.29, 1.82) is 0 Å². The highest BCUT2D eigenvalue weighted by atomic mass is 32.2. The lowest BCUT2D eigenvalue weighted by Gasteiger charge is -2.42. The highest BCUT2D eigenvalue weighted by Gasteiger charge is 2.36. The summed E-state index contributed by atoms with van der Waals surface area (Å²) >= 11 is 0. The fourth-order valence-electron chi connectivity index (χ4n) is 2.97. The van der Waals surface area contributed by atoms with Gasteiger partial charge < -0.3 is 9.45 Å². The normalized spacial score (nSPS) is 34.8. The van der Waals surface area contributed by atoms with Crippen molar-refractivity contribution in [3.05, 3.63) is 0 Å². The lowest BCUT2D eigenvalue weighted by molar-refractivity contribution is -0.945. The molecule has 3 aliphatic heterocycles. The van der Waals surface area contributed by atoms with Gasteiger partial charge in [0.2, 0.25) is 0 Å². The molecule has 6 heteroatoms. The molecule has 2 atom stereocenters. The molecule has 3 aliphatic rings. The number of fused-ring (bicyclic) bond motifs is 3. The van der Waals surface area contributed by atoms with Crippen LogP contribution in [0.2, 0.25) is 0 Å². The maximum atomic E-state index is 10.8. The van der Waals surface area contributed by atoms with Gasteiger partial charge in [-0.1, -0.05) is 0 Å². The number of piperidine rings is 3. The average molecular weight is 262 g/mol. The maximum absolute atomic E-state index is 10.8. The monoisotopic (exact) mass is 262 g/mol. The van der Waals surface area contributed by atoms with E-state index in [4.69, 9.17) is 0 Å². The van der Waals surface area contributed by atoms with Crippen molar-refractivity contribution in [3.8, 4) is 0 Å². The Labute approximate surface area is 103 Å². The second-order valence-corrected chi connectivity index (χ2v) is 7.23. The van der Waals surface area contributed by atoms with E-state index in [-0.39, 0.29) is 0 Å². The van der Waals surface area contributed by atoms with Crippen molar-refractivity contribution in [1.82, 2.24) is 5.32 Å². The van der Waals surface area contributed by atoms with Gasteiger partial charge in [-0.3, -0.25) is 5.32 Å². The van der Waals surface area contributed by atoms with E-state index < -0.39 is 15.4 Å². The molecule has 2 bridgehead atoms. The van der Waals surface area contributed by atoms with Crippen molar-refractivity contribution >= 4 is 10.1 Å². The molecule has 0 amide bonds. The van der Waals surface area contributed by atoms with Gasteiger partial charge in [0.25, 0.3) is 0 Å². The minimum Gasteiger partial charge on any atom is -0.748 e. The van der Waals surface area contributed by atoms with Crippen LogP contribution in [0.15, 0.2) is 0 Å². The molecule has 100 valence electrons. The van der Waals surface area contributed by atoms with E-state index in [2.05, 4.69) is 5.32 Å². The minimum atomic E-state index is -4.11. The second-order valence-electron chi connectivity index (χ2n) is 5.44. The smallest absolute Gasteiger partial charge is 0.141 e. The first-order chi connectivity index (χ1) is 7.97. The highest BCUT2D eigenvalue weighted by molar-refractivity contribution is 7.86. The summed E-state index contributed by atoms with van der Waals surface area (Å²) in [5.41, 5.74) is 0. The van der Waals surface area contributed by atoms with Gasteiger partial charge in [0.05, 0.1) is 23.2 Å². The first kappa shape index (κ1) is 13.3. The number of nitrogens with one attached hydrogen (secondary N) is 2. The van der Waals surface area contributed by atoms with Crippen molar-refractivity contribution in [2.75, 3.05) is 19.6 Å². The molecule has 17 heavy (non-hydrogen) atoms. The van der Waals surface area contributed by atoms with Crippen LogP contribution in [0.1, 0.15) is 32.6 Å². The van der Waals surface area contributed by atoms with E-state index in [1.807, 2.05) is 0 Å². The fraction of sp³-hybridized carbons (Fsp3) is 1.00. The zero-order chi connectivity index (χ0) is 12.5. The van der Waals surface area contributed by atoms with Gasteiger partial charge >= 0.3 is 0 Å². The van der Waals surface area contributed by atoms with Crippen molar-refractivity contribution in [2.24, 2.45) is 5.92 Å². The van der Waals surface area contributed by atoms with Crippen LogP contribution < -0.4 is 10.2 Å². The van der Waals surface area contributed by atoms with Gasteiger partial charge in [0, 0.05) is 18.2 Å². The lowest BCUT2D eigenvalue weighted by atomic mass is 9.86. The molecular formula is C11H22N2O3S.